The van der Waals surface area contributed by atoms with Crippen LogP contribution in [-0.2, 0) is 6.42 Å². The third-order valence-electron chi connectivity index (χ3n) is 3.20. The number of hydrazine groups is 1. The van der Waals surface area contributed by atoms with E-state index in [1.807, 2.05) is 31.2 Å². The molecule has 0 aliphatic heterocycles. The van der Waals surface area contributed by atoms with E-state index in [-0.39, 0.29) is 11.9 Å². The van der Waals surface area contributed by atoms with Crippen LogP contribution in [0.25, 0.3) is 0 Å². The van der Waals surface area contributed by atoms with E-state index in [2.05, 4.69) is 5.43 Å². The Morgan fingerprint density at radius 3 is 2.63 bits per heavy atom. The molecule has 0 amide bonds. The van der Waals surface area contributed by atoms with Crippen LogP contribution < -0.4 is 11.3 Å². The van der Waals surface area contributed by atoms with E-state index < -0.39 is 0 Å². The van der Waals surface area contributed by atoms with Crippen LogP contribution in [0.15, 0.2) is 42.5 Å². The molecule has 0 fully saturated rings. The Balaban J connectivity index is 2.27. The molecule has 2 rings (SSSR count). The van der Waals surface area contributed by atoms with Crippen LogP contribution in [0.5, 0.6) is 0 Å². The van der Waals surface area contributed by atoms with Crippen LogP contribution >= 0.6 is 11.6 Å². The number of nitrogens with two attached hydrogens (primary N) is 1. The second kappa shape index (κ2) is 6.15. The molecule has 0 saturated heterocycles. The zero-order valence-corrected chi connectivity index (χ0v) is 11.4. The molecule has 2 nitrogen and oxygen atoms in total. The second-order valence-electron chi connectivity index (χ2n) is 4.52. The molecular formula is C15H16ClFN2. The van der Waals surface area contributed by atoms with E-state index in [4.69, 9.17) is 17.4 Å². The predicted molar refractivity (Wildman–Crippen MR) is 76.4 cm³/mol. The summed E-state index contributed by atoms with van der Waals surface area (Å²) < 4.78 is 13.0. The van der Waals surface area contributed by atoms with Crippen molar-refractivity contribution in [3.8, 4) is 0 Å². The third-order valence-corrected chi connectivity index (χ3v) is 3.56. The van der Waals surface area contributed by atoms with Crippen LogP contribution in [-0.4, -0.2) is 0 Å². The Morgan fingerprint density at radius 2 is 2.00 bits per heavy atom. The fraction of sp³-hybridized carbons (Fsp3) is 0.200. The first-order valence-corrected chi connectivity index (χ1v) is 6.45. The first-order valence-electron chi connectivity index (χ1n) is 6.07. The molecule has 0 aliphatic carbocycles. The minimum absolute atomic E-state index is 0.0517. The fourth-order valence-corrected chi connectivity index (χ4v) is 2.39. The number of benzene rings is 2. The quantitative estimate of drug-likeness (QED) is 0.663. The van der Waals surface area contributed by atoms with E-state index in [0.717, 1.165) is 16.7 Å². The molecule has 0 heterocycles. The molecule has 1 unspecified atom stereocenters. The highest BCUT2D eigenvalue weighted by molar-refractivity contribution is 6.31. The highest BCUT2D eigenvalue weighted by atomic mass is 35.5. The number of rotatable bonds is 4. The summed E-state index contributed by atoms with van der Waals surface area (Å²) in [5.74, 6) is 5.30. The van der Waals surface area contributed by atoms with Gasteiger partial charge in [-0.25, -0.2) is 4.39 Å². The normalized spacial score (nSPS) is 12.4. The van der Waals surface area contributed by atoms with Crippen LogP contribution in [0.2, 0.25) is 5.02 Å². The topological polar surface area (TPSA) is 38.0 Å². The first kappa shape index (κ1) is 14.0. The van der Waals surface area contributed by atoms with Crippen LogP contribution in [0.1, 0.15) is 22.7 Å². The molecule has 0 saturated carbocycles. The molecular weight excluding hydrogens is 263 g/mol. The monoisotopic (exact) mass is 278 g/mol. The van der Waals surface area contributed by atoms with Crippen molar-refractivity contribution in [1.29, 1.82) is 0 Å². The van der Waals surface area contributed by atoms with Crippen molar-refractivity contribution in [2.75, 3.05) is 0 Å². The van der Waals surface area contributed by atoms with E-state index >= 15 is 0 Å². The van der Waals surface area contributed by atoms with Crippen LogP contribution in [0.4, 0.5) is 4.39 Å². The molecule has 4 heteroatoms. The van der Waals surface area contributed by atoms with Crippen LogP contribution in [0, 0.1) is 12.7 Å². The fourth-order valence-electron chi connectivity index (χ4n) is 2.14. The Labute approximate surface area is 117 Å². The molecule has 0 bridgehead atoms. The zero-order valence-electron chi connectivity index (χ0n) is 10.7. The van der Waals surface area contributed by atoms with Gasteiger partial charge in [0.05, 0.1) is 6.04 Å². The Bertz CT molecular complexity index is 572. The highest BCUT2D eigenvalue weighted by Gasteiger charge is 2.14. The van der Waals surface area contributed by atoms with Gasteiger partial charge in [-0.05, 0) is 42.2 Å². The van der Waals surface area contributed by atoms with Crippen molar-refractivity contribution in [2.24, 2.45) is 5.84 Å². The van der Waals surface area contributed by atoms with Crippen molar-refractivity contribution in [1.82, 2.24) is 5.43 Å². The Hall–Kier alpha value is -1.42. The van der Waals surface area contributed by atoms with Gasteiger partial charge in [-0.3, -0.25) is 11.3 Å². The van der Waals surface area contributed by atoms with Crippen molar-refractivity contribution >= 4 is 11.6 Å². The molecule has 0 aromatic heterocycles. The predicted octanol–water partition coefficient (Wildman–Crippen LogP) is 3.53. The lowest BCUT2D eigenvalue weighted by Crippen LogP contribution is -2.30. The van der Waals surface area contributed by atoms with Crippen molar-refractivity contribution in [3.63, 3.8) is 0 Å². The number of aryl methyl sites for hydroxylation is 1. The van der Waals surface area contributed by atoms with Crippen LogP contribution in [0.3, 0.4) is 0 Å². The Morgan fingerprint density at radius 1 is 1.26 bits per heavy atom. The zero-order chi connectivity index (χ0) is 13.8. The average molecular weight is 279 g/mol. The summed E-state index contributed by atoms with van der Waals surface area (Å²) in [5, 5.41) is 0.425. The van der Waals surface area contributed by atoms with E-state index in [9.17, 15) is 4.39 Å². The molecule has 19 heavy (non-hydrogen) atoms. The minimum Gasteiger partial charge on any atom is -0.271 e. The molecule has 0 spiro atoms. The number of hydrogen-bond donors (Lipinski definition) is 2. The Kier molecular flexibility index (Phi) is 4.53. The van der Waals surface area contributed by atoms with Gasteiger partial charge in [0, 0.05) is 5.02 Å². The summed E-state index contributed by atoms with van der Waals surface area (Å²) in [6.45, 7) is 2.03. The number of halogens is 2. The van der Waals surface area contributed by atoms with Gasteiger partial charge < -0.3 is 0 Å². The lowest BCUT2D eigenvalue weighted by molar-refractivity contribution is 0.548. The summed E-state index contributed by atoms with van der Waals surface area (Å²) in [5.41, 5.74) is 5.94. The van der Waals surface area contributed by atoms with Gasteiger partial charge in [-0.2, -0.15) is 0 Å². The van der Waals surface area contributed by atoms with Crippen molar-refractivity contribution in [2.45, 2.75) is 19.4 Å². The lowest BCUT2D eigenvalue weighted by atomic mass is 9.96. The van der Waals surface area contributed by atoms with E-state index in [1.165, 1.54) is 12.1 Å². The summed E-state index contributed by atoms with van der Waals surface area (Å²) in [6.07, 6.45) is 0.612. The molecule has 2 aromatic carbocycles. The minimum atomic E-state index is -0.332. The standard InChI is InChI=1S/C15H16ClFN2/c1-10-4-2-3-5-13(10)15(19-18)8-11-6-7-12(17)9-14(11)16/h2-7,9,15,19H,8,18H2,1H3. The molecule has 3 N–H and O–H groups in total. The van der Waals surface area contributed by atoms with Gasteiger partial charge >= 0.3 is 0 Å². The molecule has 2 aromatic rings. The van der Waals surface area contributed by atoms with Gasteiger partial charge in [0.25, 0.3) is 0 Å². The molecule has 0 radical (unpaired) electrons. The highest BCUT2D eigenvalue weighted by Crippen LogP contribution is 2.25. The summed E-state index contributed by atoms with van der Waals surface area (Å²) in [6, 6.07) is 12.4. The van der Waals surface area contributed by atoms with Gasteiger partial charge in [0.15, 0.2) is 0 Å². The number of nitrogens with one attached hydrogen (secondary N) is 1. The first-order chi connectivity index (χ1) is 9.11. The maximum atomic E-state index is 13.0. The van der Waals surface area contributed by atoms with Gasteiger partial charge in [-0.1, -0.05) is 41.9 Å². The largest absolute Gasteiger partial charge is 0.271 e. The maximum Gasteiger partial charge on any atom is 0.124 e. The SMILES string of the molecule is Cc1ccccc1C(Cc1ccc(F)cc1Cl)NN. The smallest absolute Gasteiger partial charge is 0.124 e. The van der Waals surface area contributed by atoms with Crippen molar-refractivity contribution in [3.05, 3.63) is 70.0 Å². The van der Waals surface area contributed by atoms with E-state index in [1.54, 1.807) is 6.07 Å². The average Bonchev–Trinajstić information content (AvgIpc) is 2.39. The molecule has 0 aliphatic rings. The summed E-state index contributed by atoms with van der Waals surface area (Å²) in [7, 11) is 0. The summed E-state index contributed by atoms with van der Waals surface area (Å²) >= 11 is 6.05. The van der Waals surface area contributed by atoms with Crippen molar-refractivity contribution < 1.29 is 4.39 Å². The van der Waals surface area contributed by atoms with Gasteiger partial charge in [0.1, 0.15) is 5.82 Å². The summed E-state index contributed by atoms with van der Waals surface area (Å²) in [4.78, 5) is 0. The maximum absolute atomic E-state index is 13.0. The van der Waals surface area contributed by atoms with Gasteiger partial charge in [-0.15, -0.1) is 0 Å². The second-order valence-corrected chi connectivity index (χ2v) is 4.92. The van der Waals surface area contributed by atoms with Gasteiger partial charge in [0.2, 0.25) is 0 Å². The third kappa shape index (κ3) is 3.32. The lowest BCUT2D eigenvalue weighted by Gasteiger charge is -2.19. The molecule has 1 atom stereocenters. The molecule has 100 valence electrons. The number of hydrogen-bond acceptors (Lipinski definition) is 2. The van der Waals surface area contributed by atoms with E-state index in [0.29, 0.717) is 11.4 Å².